The van der Waals surface area contributed by atoms with E-state index in [9.17, 15) is 19.3 Å². The Balaban J connectivity index is 1.39. The molecule has 1 aliphatic rings. The van der Waals surface area contributed by atoms with Crippen molar-refractivity contribution in [2.45, 2.75) is 6.92 Å². The van der Waals surface area contributed by atoms with Gasteiger partial charge in [0.25, 0.3) is 11.6 Å². The second kappa shape index (κ2) is 9.61. The van der Waals surface area contributed by atoms with Gasteiger partial charge in [-0.05, 0) is 67.1 Å². The molecule has 0 spiro atoms. The van der Waals surface area contributed by atoms with Crippen molar-refractivity contribution < 1.29 is 14.1 Å². The fourth-order valence-electron chi connectivity index (χ4n) is 4.37. The van der Waals surface area contributed by atoms with Gasteiger partial charge in [0.05, 0.1) is 16.3 Å². The first-order chi connectivity index (χ1) is 17.4. The second-order valence-corrected chi connectivity index (χ2v) is 8.73. The molecule has 0 bridgehead atoms. The van der Waals surface area contributed by atoms with Gasteiger partial charge in [-0.2, -0.15) is 5.10 Å². The summed E-state index contributed by atoms with van der Waals surface area (Å²) in [5, 5.41) is 15.6. The molecule has 2 heterocycles. The van der Waals surface area contributed by atoms with Crippen LogP contribution in [-0.2, 0) is 0 Å². The molecule has 0 radical (unpaired) electrons. The number of non-ortho nitro benzene ring substituents is 1. The summed E-state index contributed by atoms with van der Waals surface area (Å²) in [5.41, 5.74) is 4.50. The summed E-state index contributed by atoms with van der Waals surface area (Å²) >= 11 is 0. The zero-order chi connectivity index (χ0) is 25.2. The highest BCUT2D eigenvalue weighted by atomic mass is 19.1. The van der Waals surface area contributed by atoms with Gasteiger partial charge in [-0.15, -0.1) is 0 Å². The SMILES string of the molecule is Cc1cccc(-n2nc(-c3ccc(F)cc3)cc2C(=O)N2CCN(c3ccc([N+](=O)[O-])cc3)CC2)c1. The third-order valence-electron chi connectivity index (χ3n) is 6.31. The van der Waals surface area contributed by atoms with Crippen LogP contribution < -0.4 is 4.90 Å². The molecule has 1 aliphatic heterocycles. The number of nitro benzene ring substituents is 1. The van der Waals surface area contributed by atoms with Crippen LogP contribution in [0.1, 0.15) is 16.1 Å². The standard InChI is InChI=1S/C27H24FN5O3/c1-19-3-2-4-24(17-19)32-26(18-25(29-32)20-5-7-21(28)8-6-20)27(34)31-15-13-30(14-16-31)22-9-11-23(12-10-22)33(35)36/h2-12,17-18H,13-16H2,1H3. The fraction of sp³-hybridized carbons (Fsp3) is 0.185. The summed E-state index contributed by atoms with van der Waals surface area (Å²) < 4.78 is 15.1. The molecule has 0 saturated carbocycles. The van der Waals surface area contributed by atoms with Crippen LogP contribution in [0, 0.1) is 22.9 Å². The lowest BCUT2D eigenvalue weighted by molar-refractivity contribution is -0.384. The molecule has 36 heavy (non-hydrogen) atoms. The monoisotopic (exact) mass is 485 g/mol. The van der Waals surface area contributed by atoms with Crippen LogP contribution >= 0.6 is 0 Å². The first-order valence-electron chi connectivity index (χ1n) is 11.6. The van der Waals surface area contributed by atoms with E-state index in [1.165, 1.54) is 24.3 Å². The van der Waals surface area contributed by atoms with Gasteiger partial charge in [0.15, 0.2) is 0 Å². The lowest BCUT2D eigenvalue weighted by Crippen LogP contribution is -2.49. The van der Waals surface area contributed by atoms with Gasteiger partial charge in [0.1, 0.15) is 11.5 Å². The number of aryl methyl sites for hydroxylation is 1. The van der Waals surface area contributed by atoms with Crippen LogP contribution in [0.4, 0.5) is 15.8 Å². The highest BCUT2D eigenvalue weighted by Gasteiger charge is 2.26. The van der Waals surface area contributed by atoms with Gasteiger partial charge in [0.2, 0.25) is 0 Å². The Bertz CT molecular complexity index is 1410. The van der Waals surface area contributed by atoms with Crippen LogP contribution in [0.2, 0.25) is 0 Å². The van der Waals surface area contributed by atoms with E-state index >= 15 is 0 Å². The van der Waals surface area contributed by atoms with Crippen LogP contribution in [0.3, 0.4) is 0 Å². The van der Waals surface area contributed by atoms with Gasteiger partial charge in [-0.1, -0.05) is 12.1 Å². The second-order valence-electron chi connectivity index (χ2n) is 8.73. The van der Waals surface area contributed by atoms with E-state index in [2.05, 4.69) is 4.90 Å². The number of piperazine rings is 1. The Hall–Kier alpha value is -4.53. The predicted molar refractivity (Wildman–Crippen MR) is 135 cm³/mol. The van der Waals surface area contributed by atoms with Crippen LogP contribution in [-0.4, -0.2) is 51.7 Å². The number of halogens is 1. The van der Waals surface area contributed by atoms with E-state index in [1.54, 1.807) is 39.9 Å². The molecule has 0 N–H and O–H groups in total. The lowest BCUT2D eigenvalue weighted by Gasteiger charge is -2.36. The van der Waals surface area contributed by atoms with E-state index in [0.717, 1.165) is 22.5 Å². The molecule has 8 nitrogen and oxygen atoms in total. The number of carbonyl (C=O) groups is 1. The fourth-order valence-corrected chi connectivity index (χ4v) is 4.37. The molecule has 1 aromatic heterocycles. The number of aromatic nitrogens is 2. The number of rotatable bonds is 5. The van der Waals surface area contributed by atoms with E-state index < -0.39 is 4.92 Å². The van der Waals surface area contributed by atoms with Crippen LogP contribution in [0.15, 0.2) is 78.9 Å². The van der Waals surface area contributed by atoms with Crippen molar-refractivity contribution in [3.8, 4) is 16.9 Å². The molecular formula is C27H24FN5O3. The normalized spacial score (nSPS) is 13.6. The topological polar surface area (TPSA) is 84.5 Å². The zero-order valence-corrected chi connectivity index (χ0v) is 19.7. The Kier molecular flexibility index (Phi) is 6.20. The third-order valence-corrected chi connectivity index (χ3v) is 6.31. The third kappa shape index (κ3) is 4.68. The molecular weight excluding hydrogens is 461 g/mol. The van der Waals surface area contributed by atoms with Crippen LogP contribution in [0.25, 0.3) is 16.9 Å². The summed E-state index contributed by atoms with van der Waals surface area (Å²) in [5.74, 6) is -0.472. The summed E-state index contributed by atoms with van der Waals surface area (Å²) in [4.78, 5) is 28.1. The largest absolute Gasteiger partial charge is 0.368 e. The maximum absolute atomic E-state index is 13.7. The van der Waals surface area contributed by atoms with Crippen molar-refractivity contribution in [3.05, 3.63) is 106 Å². The molecule has 0 unspecified atom stereocenters. The molecule has 0 atom stereocenters. The Morgan fingerprint density at radius 3 is 2.25 bits per heavy atom. The Morgan fingerprint density at radius 2 is 1.61 bits per heavy atom. The zero-order valence-electron chi connectivity index (χ0n) is 19.7. The number of carbonyl (C=O) groups excluding carboxylic acids is 1. The van der Waals surface area contributed by atoms with Crippen molar-refractivity contribution in [2.24, 2.45) is 0 Å². The number of amides is 1. The van der Waals surface area contributed by atoms with Crippen molar-refractivity contribution in [1.82, 2.24) is 14.7 Å². The smallest absolute Gasteiger partial charge is 0.272 e. The quantitative estimate of drug-likeness (QED) is 0.298. The molecule has 0 aliphatic carbocycles. The molecule has 3 aromatic carbocycles. The average Bonchev–Trinajstić information content (AvgIpc) is 3.34. The molecule has 4 aromatic rings. The summed E-state index contributed by atoms with van der Waals surface area (Å²) in [6, 6.07) is 22.0. The number of nitro groups is 1. The summed E-state index contributed by atoms with van der Waals surface area (Å²) in [6.07, 6.45) is 0. The lowest BCUT2D eigenvalue weighted by atomic mass is 10.1. The first-order valence-corrected chi connectivity index (χ1v) is 11.6. The Labute approximate surface area is 207 Å². The minimum absolute atomic E-state index is 0.0499. The summed E-state index contributed by atoms with van der Waals surface area (Å²) in [7, 11) is 0. The highest BCUT2D eigenvalue weighted by molar-refractivity contribution is 5.94. The molecule has 9 heteroatoms. The van der Waals surface area contributed by atoms with E-state index in [0.29, 0.717) is 37.6 Å². The van der Waals surface area contributed by atoms with Crippen molar-refractivity contribution in [2.75, 3.05) is 31.1 Å². The van der Waals surface area contributed by atoms with E-state index in [-0.39, 0.29) is 17.4 Å². The molecule has 1 fully saturated rings. The predicted octanol–water partition coefficient (Wildman–Crippen LogP) is 4.86. The number of benzene rings is 3. The minimum Gasteiger partial charge on any atom is -0.368 e. The van der Waals surface area contributed by atoms with Crippen LogP contribution in [0.5, 0.6) is 0 Å². The van der Waals surface area contributed by atoms with Gasteiger partial charge in [-0.25, -0.2) is 9.07 Å². The number of hydrogen-bond donors (Lipinski definition) is 0. The van der Waals surface area contributed by atoms with E-state index in [4.69, 9.17) is 5.10 Å². The number of hydrogen-bond acceptors (Lipinski definition) is 5. The average molecular weight is 486 g/mol. The summed E-state index contributed by atoms with van der Waals surface area (Å²) in [6.45, 7) is 4.19. The number of nitrogens with zero attached hydrogens (tertiary/aromatic N) is 5. The maximum atomic E-state index is 13.7. The Morgan fingerprint density at radius 1 is 0.917 bits per heavy atom. The highest BCUT2D eigenvalue weighted by Crippen LogP contribution is 2.25. The van der Waals surface area contributed by atoms with Gasteiger partial charge >= 0.3 is 0 Å². The maximum Gasteiger partial charge on any atom is 0.272 e. The van der Waals surface area contributed by atoms with Gasteiger partial charge in [0, 0.05) is 49.6 Å². The van der Waals surface area contributed by atoms with Crippen molar-refractivity contribution in [3.63, 3.8) is 0 Å². The van der Waals surface area contributed by atoms with Gasteiger partial charge in [-0.3, -0.25) is 14.9 Å². The molecule has 5 rings (SSSR count). The van der Waals surface area contributed by atoms with E-state index in [1.807, 2.05) is 31.2 Å². The van der Waals surface area contributed by atoms with Crippen molar-refractivity contribution in [1.29, 1.82) is 0 Å². The molecule has 182 valence electrons. The first kappa shape index (κ1) is 23.2. The number of anilines is 1. The van der Waals surface area contributed by atoms with Crippen molar-refractivity contribution >= 4 is 17.3 Å². The molecule has 1 saturated heterocycles. The minimum atomic E-state index is -0.419. The van der Waals surface area contributed by atoms with Gasteiger partial charge < -0.3 is 9.80 Å². The molecule has 1 amide bonds.